The van der Waals surface area contributed by atoms with Gasteiger partial charge in [0.1, 0.15) is 0 Å². The molecule has 0 bridgehead atoms. The molecule has 0 amide bonds. The highest BCUT2D eigenvalue weighted by molar-refractivity contribution is 6.91. The lowest BCUT2D eigenvalue weighted by Crippen LogP contribution is -2.40. The summed E-state index contributed by atoms with van der Waals surface area (Å²) >= 11 is 0. The summed E-state index contributed by atoms with van der Waals surface area (Å²) in [6.07, 6.45) is 1.51. The van der Waals surface area contributed by atoms with Crippen LogP contribution in [0.5, 0.6) is 0 Å². The van der Waals surface area contributed by atoms with E-state index in [9.17, 15) is 9.59 Å². The quantitative estimate of drug-likeness (QED) is 0.613. The number of rotatable bonds is 3. The van der Waals surface area contributed by atoms with Crippen LogP contribution >= 0.6 is 0 Å². The van der Waals surface area contributed by atoms with Crippen molar-refractivity contribution in [2.24, 2.45) is 0 Å². The molecule has 0 atom stereocenters. The van der Waals surface area contributed by atoms with Crippen LogP contribution in [0.25, 0.3) is 10.9 Å². The molecule has 0 N–H and O–H groups in total. The summed E-state index contributed by atoms with van der Waals surface area (Å²) < 4.78 is 1.45. The van der Waals surface area contributed by atoms with Gasteiger partial charge in [-0.15, -0.1) is 0 Å². The molecule has 88 valence electrons. The minimum Gasteiger partial charge on any atom is -0.296 e. The highest BCUT2D eigenvalue weighted by atomic mass is 28.3. The highest BCUT2D eigenvalue weighted by Gasteiger charge is 2.27. The third kappa shape index (κ3) is 1.74. The number of carbonyl (C=O) groups excluding carboxylic acids is 2. The fraction of sp³-hybridized carbons (Fsp3) is 0.231. The first-order valence-corrected chi connectivity index (χ1v) is 9.04. The molecular formula is C13H15NO2Si. The van der Waals surface area contributed by atoms with E-state index in [2.05, 4.69) is 19.6 Å². The van der Waals surface area contributed by atoms with Crippen LogP contribution in [-0.4, -0.2) is 25.3 Å². The van der Waals surface area contributed by atoms with Gasteiger partial charge in [-0.25, -0.2) is 0 Å². The molecule has 2 aromatic rings. The number of carbonyl (C=O) groups is 2. The highest BCUT2D eigenvalue weighted by Crippen LogP contribution is 2.20. The first-order valence-electron chi connectivity index (χ1n) is 5.54. The molecule has 0 spiro atoms. The Bertz CT molecular complexity index is 593. The van der Waals surface area contributed by atoms with Crippen molar-refractivity contribution in [3.63, 3.8) is 0 Å². The van der Waals surface area contributed by atoms with Crippen molar-refractivity contribution in [3.05, 3.63) is 30.0 Å². The van der Waals surface area contributed by atoms with Crippen LogP contribution in [0.3, 0.4) is 0 Å². The zero-order chi connectivity index (χ0) is 12.6. The molecule has 0 radical (unpaired) electrons. The summed E-state index contributed by atoms with van der Waals surface area (Å²) in [7, 11) is -1.67. The first-order chi connectivity index (χ1) is 8.00. The van der Waals surface area contributed by atoms with Gasteiger partial charge in [0.05, 0.1) is 19.3 Å². The molecule has 0 aliphatic heterocycles. The van der Waals surface area contributed by atoms with Crippen molar-refractivity contribution in [2.75, 3.05) is 0 Å². The van der Waals surface area contributed by atoms with Crippen LogP contribution in [0.15, 0.2) is 24.3 Å². The van der Waals surface area contributed by atoms with Crippen molar-refractivity contribution in [1.29, 1.82) is 0 Å². The zero-order valence-electron chi connectivity index (χ0n) is 10.2. The minimum absolute atomic E-state index is 0.514. The summed E-state index contributed by atoms with van der Waals surface area (Å²) in [5, 5.41) is 2.09. The Morgan fingerprint density at radius 3 is 2.29 bits per heavy atom. The standard InChI is InChI=1S/C13H15NO2Si/c1-17(2,3)13-10-6-4-5-7-11(10)14(9-16)12(13)8-15/h4-9H,1-3H3. The van der Waals surface area contributed by atoms with E-state index in [4.69, 9.17) is 0 Å². The maximum absolute atomic E-state index is 11.3. The minimum atomic E-state index is -1.67. The molecule has 1 aromatic heterocycles. The van der Waals surface area contributed by atoms with Crippen molar-refractivity contribution < 1.29 is 9.59 Å². The van der Waals surface area contributed by atoms with E-state index in [1.54, 1.807) is 0 Å². The van der Waals surface area contributed by atoms with Gasteiger partial charge in [0.2, 0.25) is 6.41 Å². The molecule has 1 aromatic carbocycles. The maximum Gasteiger partial charge on any atom is 0.218 e. The number of aromatic nitrogens is 1. The van der Waals surface area contributed by atoms with Gasteiger partial charge in [-0.1, -0.05) is 37.8 Å². The zero-order valence-corrected chi connectivity index (χ0v) is 11.2. The van der Waals surface area contributed by atoms with Crippen molar-refractivity contribution in [2.45, 2.75) is 19.6 Å². The SMILES string of the molecule is C[Si](C)(C)c1c(C=O)n(C=O)c2ccccc12. The lowest BCUT2D eigenvalue weighted by atomic mass is 10.2. The predicted molar refractivity (Wildman–Crippen MR) is 72.5 cm³/mol. The van der Waals surface area contributed by atoms with Crippen LogP contribution in [0.1, 0.15) is 10.5 Å². The number of fused-ring (bicyclic) bond motifs is 1. The maximum atomic E-state index is 11.3. The van der Waals surface area contributed by atoms with Crippen molar-refractivity contribution in [3.8, 4) is 0 Å². The summed E-state index contributed by atoms with van der Waals surface area (Å²) in [6, 6.07) is 7.68. The number of hydrogen-bond acceptors (Lipinski definition) is 2. The molecule has 3 nitrogen and oxygen atoms in total. The molecule has 0 saturated carbocycles. The molecule has 17 heavy (non-hydrogen) atoms. The molecule has 1 heterocycles. The van der Waals surface area contributed by atoms with E-state index in [0.717, 1.165) is 28.8 Å². The first kappa shape index (κ1) is 11.8. The van der Waals surface area contributed by atoms with E-state index < -0.39 is 8.07 Å². The van der Waals surface area contributed by atoms with E-state index in [1.165, 1.54) is 4.57 Å². The lowest BCUT2D eigenvalue weighted by molar-refractivity contribution is 0.111. The van der Waals surface area contributed by atoms with Gasteiger partial charge in [0, 0.05) is 5.39 Å². The number of nitrogens with zero attached hydrogens (tertiary/aromatic N) is 1. The predicted octanol–water partition coefficient (Wildman–Crippen LogP) is 2.04. The number of hydrogen-bond donors (Lipinski definition) is 0. The van der Waals surface area contributed by atoms with Gasteiger partial charge < -0.3 is 0 Å². The molecule has 0 unspecified atom stereocenters. The molecule has 0 fully saturated rings. The third-order valence-electron chi connectivity index (χ3n) is 2.92. The second-order valence-corrected chi connectivity index (χ2v) is 10.1. The molecule has 2 rings (SSSR count). The fourth-order valence-corrected chi connectivity index (χ4v) is 4.27. The van der Waals surface area contributed by atoms with E-state index in [1.807, 2.05) is 24.3 Å². The second kappa shape index (κ2) is 3.96. The number of aldehydes is 1. The van der Waals surface area contributed by atoms with E-state index in [0.29, 0.717) is 5.69 Å². The largest absolute Gasteiger partial charge is 0.296 e. The molecule has 0 aliphatic carbocycles. The smallest absolute Gasteiger partial charge is 0.218 e. The lowest BCUT2D eigenvalue weighted by Gasteiger charge is -2.16. The van der Waals surface area contributed by atoms with E-state index >= 15 is 0 Å². The average molecular weight is 245 g/mol. The van der Waals surface area contributed by atoms with Crippen LogP contribution in [0, 0.1) is 0 Å². The van der Waals surface area contributed by atoms with Gasteiger partial charge in [0.25, 0.3) is 0 Å². The summed E-state index contributed by atoms with van der Waals surface area (Å²) in [6.45, 7) is 6.53. The average Bonchev–Trinajstić information content (AvgIpc) is 2.61. The Balaban J connectivity index is 2.99. The summed E-state index contributed by atoms with van der Waals surface area (Å²) in [4.78, 5) is 22.4. The van der Waals surface area contributed by atoms with Crippen LogP contribution in [-0.2, 0) is 4.79 Å². The molecule has 0 saturated heterocycles. The Labute approximate surface area is 101 Å². The van der Waals surface area contributed by atoms with Gasteiger partial charge in [0.15, 0.2) is 6.29 Å². The van der Waals surface area contributed by atoms with Crippen LogP contribution < -0.4 is 5.19 Å². The van der Waals surface area contributed by atoms with Gasteiger partial charge >= 0.3 is 0 Å². The normalized spacial score (nSPS) is 11.7. The molecular weight excluding hydrogens is 230 g/mol. The van der Waals surface area contributed by atoms with Crippen molar-refractivity contribution >= 4 is 36.9 Å². The van der Waals surface area contributed by atoms with E-state index in [-0.39, 0.29) is 0 Å². The van der Waals surface area contributed by atoms with Gasteiger partial charge in [-0.3, -0.25) is 14.2 Å². The Hall–Kier alpha value is -1.68. The summed E-state index contributed by atoms with van der Waals surface area (Å²) in [5.74, 6) is 0. The monoisotopic (exact) mass is 245 g/mol. The Kier molecular flexibility index (Phi) is 2.75. The summed E-state index contributed by atoms with van der Waals surface area (Å²) in [5.41, 5.74) is 1.34. The molecule has 4 heteroatoms. The number of para-hydroxylation sites is 1. The Morgan fingerprint density at radius 1 is 1.12 bits per heavy atom. The van der Waals surface area contributed by atoms with Gasteiger partial charge in [-0.2, -0.15) is 0 Å². The topological polar surface area (TPSA) is 39.1 Å². The van der Waals surface area contributed by atoms with Gasteiger partial charge in [-0.05, 0) is 11.3 Å². The Morgan fingerprint density at radius 2 is 1.76 bits per heavy atom. The van der Waals surface area contributed by atoms with Crippen LogP contribution in [0.4, 0.5) is 0 Å². The third-order valence-corrected chi connectivity index (χ3v) is 4.94. The second-order valence-electron chi connectivity index (χ2n) is 5.12. The number of benzene rings is 1. The molecule has 0 aliphatic rings. The van der Waals surface area contributed by atoms with Crippen molar-refractivity contribution in [1.82, 2.24) is 4.57 Å². The van der Waals surface area contributed by atoms with Crippen LogP contribution in [0.2, 0.25) is 19.6 Å². The fourth-order valence-electron chi connectivity index (χ4n) is 2.30.